The second kappa shape index (κ2) is 11.0. The Labute approximate surface area is 196 Å². The van der Waals surface area contributed by atoms with E-state index in [1.807, 2.05) is 42.7 Å². The van der Waals surface area contributed by atoms with E-state index in [4.69, 9.17) is 11.6 Å². The van der Waals surface area contributed by atoms with Crippen LogP contribution < -0.4 is 10.6 Å². The second-order valence-corrected chi connectivity index (χ2v) is 8.52. The molecule has 0 aliphatic rings. The van der Waals surface area contributed by atoms with Crippen LogP contribution in [-0.2, 0) is 11.3 Å². The summed E-state index contributed by atoms with van der Waals surface area (Å²) < 4.78 is 1.84. The van der Waals surface area contributed by atoms with E-state index in [0.717, 1.165) is 11.3 Å². The average molecular weight is 470 g/mol. The van der Waals surface area contributed by atoms with Crippen LogP contribution in [0.1, 0.15) is 34.7 Å². The summed E-state index contributed by atoms with van der Waals surface area (Å²) in [6.45, 7) is 8.06. The maximum Gasteiger partial charge on any atom is 0.251 e. The quantitative estimate of drug-likeness (QED) is 0.352. The molecule has 0 saturated carbocycles. The molecule has 2 amide bonds. The third-order valence-corrected chi connectivity index (χ3v) is 5.78. The topological polar surface area (TPSA) is 88.9 Å². The SMILES string of the molecule is C=CCn1c(SCC(=O)Nc2ccc(C)cc2)nnc1[C@H](C)NC(=O)c1ccc(Cl)cc1. The number of rotatable bonds is 9. The molecule has 1 aromatic heterocycles. The summed E-state index contributed by atoms with van der Waals surface area (Å²) in [5, 5.41) is 15.4. The van der Waals surface area contributed by atoms with Crippen molar-refractivity contribution in [1.29, 1.82) is 0 Å². The fourth-order valence-electron chi connectivity index (χ4n) is 2.94. The van der Waals surface area contributed by atoms with Gasteiger partial charge in [-0.05, 0) is 50.2 Å². The Balaban J connectivity index is 1.65. The number of nitrogens with one attached hydrogen (secondary N) is 2. The molecular formula is C23H24ClN5O2S. The normalized spacial score (nSPS) is 11.6. The monoisotopic (exact) mass is 469 g/mol. The number of hydrogen-bond donors (Lipinski definition) is 2. The van der Waals surface area contributed by atoms with E-state index < -0.39 is 6.04 Å². The Bertz CT molecular complexity index is 1100. The van der Waals surface area contributed by atoms with Crippen LogP contribution in [0.3, 0.4) is 0 Å². The van der Waals surface area contributed by atoms with Gasteiger partial charge in [0.15, 0.2) is 11.0 Å². The third kappa shape index (κ3) is 6.21. The molecule has 7 nitrogen and oxygen atoms in total. The van der Waals surface area contributed by atoms with E-state index in [2.05, 4.69) is 27.4 Å². The molecule has 0 spiro atoms. The number of aryl methyl sites for hydroxylation is 1. The molecule has 32 heavy (non-hydrogen) atoms. The van der Waals surface area contributed by atoms with Crippen molar-refractivity contribution in [3.63, 3.8) is 0 Å². The van der Waals surface area contributed by atoms with Crippen LogP contribution in [0.2, 0.25) is 5.02 Å². The van der Waals surface area contributed by atoms with Crippen LogP contribution in [0.4, 0.5) is 5.69 Å². The molecule has 0 fully saturated rings. The van der Waals surface area contributed by atoms with Crippen molar-refractivity contribution in [2.45, 2.75) is 31.6 Å². The van der Waals surface area contributed by atoms with Crippen LogP contribution in [0.5, 0.6) is 0 Å². The summed E-state index contributed by atoms with van der Waals surface area (Å²) in [5.74, 6) is 0.370. The Morgan fingerprint density at radius 1 is 1.16 bits per heavy atom. The van der Waals surface area contributed by atoms with E-state index >= 15 is 0 Å². The first-order valence-electron chi connectivity index (χ1n) is 9.97. The van der Waals surface area contributed by atoms with E-state index in [1.165, 1.54) is 11.8 Å². The first-order chi connectivity index (χ1) is 15.4. The molecule has 0 radical (unpaired) electrons. The van der Waals surface area contributed by atoms with Crippen LogP contribution >= 0.6 is 23.4 Å². The number of carbonyl (C=O) groups is 2. The number of hydrogen-bond acceptors (Lipinski definition) is 5. The predicted molar refractivity (Wildman–Crippen MR) is 128 cm³/mol. The third-order valence-electron chi connectivity index (χ3n) is 4.57. The number of benzene rings is 2. The van der Waals surface area contributed by atoms with Crippen LogP contribution in [0.25, 0.3) is 0 Å². The number of thioether (sulfide) groups is 1. The lowest BCUT2D eigenvalue weighted by atomic mass is 10.2. The van der Waals surface area contributed by atoms with Gasteiger partial charge < -0.3 is 15.2 Å². The fourth-order valence-corrected chi connectivity index (χ4v) is 3.82. The average Bonchev–Trinajstić information content (AvgIpc) is 3.17. The molecule has 0 aliphatic carbocycles. The minimum atomic E-state index is -0.402. The van der Waals surface area contributed by atoms with Gasteiger partial charge in [0.05, 0.1) is 11.8 Å². The van der Waals surface area contributed by atoms with Gasteiger partial charge in [0, 0.05) is 22.8 Å². The highest BCUT2D eigenvalue weighted by atomic mass is 35.5. The number of aromatic nitrogens is 3. The first kappa shape index (κ1) is 23.6. The molecule has 3 rings (SSSR count). The highest BCUT2D eigenvalue weighted by Crippen LogP contribution is 2.22. The first-order valence-corrected chi connectivity index (χ1v) is 11.3. The fraction of sp³-hybridized carbons (Fsp3) is 0.217. The van der Waals surface area contributed by atoms with Crippen LogP contribution in [-0.4, -0.2) is 32.3 Å². The van der Waals surface area contributed by atoms with Gasteiger partial charge in [-0.1, -0.05) is 47.1 Å². The molecule has 2 aromatic carbocycles. The van der Waals surface area contributed by atoms with Gasteiger partial charge in [-0.15, -0.1) is 16.8 Å². The van der Waals surface area contributed by atoms with Gasteiger partial charge in [0.2, 0.25) is 5.91 Å². The number of amides is 2. The second-order valence-electron chi connectivity index (χ2n) is 7.14. The minimum absolute atomic E-state index is 0.141. The van der Waals surface area contributed by atoms with Crippen molar-refractivity contribution in [3.8, 4) is 0 Å². The molecule has 166 valence electrons. The van der Waals surface area contributed by atoms with E-state index in [1.54, 1.807) is 30.3 Å². The summed E-state index contributed by atoms with van der Waals surface area (Å²) in [4.78, 5) is 24.9. The summed E-state index contributed by atoms with van der Waals surface area (Å²) in [5.41, 5.74) is 2.37. The van der Waals surface area contributed by atoms with Crippen LogP contribution in [0.15, 0.2) is 66.3 Å². The Morgan fingerprint density at radius 2 is 1.84 bits per heavy atom. The smallest absolute Gasteiger partial charge is 0.251 e. The zero-order valence-corrected chi connectivity index (χ0v) is 19.4. The minimum Gasteiger partial charge on any atom is -0.342 e. The number of anilines is 1. The number of allylic oxidation sites excluding steroid dienone is 1. The van der Waals surface area contributed by atoms with Crippen molar-refractivity contribution < 1.29 is 9.59 Å². The van der Waals surface area contributed by atoms with Gasteiger partial charge in [-0.3, -0.25) is 9.59 Å². The Hall–Kier alpha value is -3.10. The van der Waals surface area contributed by atoms with Crippen molar-refractivity contribution in [2.75, 3.05) is 11.1 Å². The van der Waals surface area contributed by atoms with Crippen molar-refractivity contribution in [2.24, 2.45) is 0 Å². The summed E-state index contributed by atoms with van der Waals surface area (Å²) in [6, 6.07) is 13.9. The molecule has 1 atom stereocenters. The van der Waals surface area contributed by atoms with E-state index in [0.29, 0.717) is 28.1 Å². The molecule has 0 aliphatic heterocycles. The Kier molecular flexibility index (Phi) is 8.08. The lowest BCUT2D eigenvalue weighted by Gasteiger charge is -2.15. The molecule has 1 heterocycles. The standard InChI is InChI=1S/C23H24ClN5O2S/c1-4-13-29-21(16(3)25-22(31)17-7-9-18(24)10-8-17)27-28-23(29)32-14-20(30)26-19-11-5-15(2)6-12-19/h4-12,16H,1,13-14H2,2-3H3,(H,25,31)(H,26,30)/t16-/m0/s1. The largest absolute Gasteiger partial charge is 0.342 e. The summed E-state index contributed by atoms with van der Waals surface area (Å²) in [6.07, 6.45) is 1.72. The van der Waals surface area contributed by atoms with Gasteiger partial charge in [0.25, 0.3) is 5.91 Å². The van der Waals surface area contributed by atoms with Crippen LogP contribution in [0, 0.1) is 6.92 Å². The zero-order chi connectivity index (χ0) is 23.1. The maximum absolute atomic E-state index is 12.5. The molecule has 0 bridgehead atoms. The van der Waals surface area contributed by atoms with E-state index in [9.17, 15) is 9.59 Å². The zero-order valence-electron chi connectivity index (χ0n) is 17.8. The van der Waals surface area contributed by atoms with Crippen molar-refractivity contribution in [3.05, 3.63) is 83.2 Å². The Morgan fingerprint density at radius 3 is 2.50 bits per heavy atom. The summed E-state index contributed by atoms with van der Waals surface area (Å²) in [7, 11) is 0. The molecule has 0 saturated heterocycles. The van der Waals surface area contributed by atoms with Crippen molar-refractivity contribution >= 4 is 40.9 Å². The van der Waals surface area contributed by atoms with Gasteiger partial charge in [0.1, 0.15) is 0 Å². The molecule has 3 aromatic rings. The molecular weight excluding hydrogens is 446 g/mol. The lowest BCUT2D eigenvalue weighted by Crippen LogP contribution is -2.28. The number of carbonyl (C=O) groups excluding carboxylic acids is 2. The maximum atomic E-state index is 12.5. The van der Waals surface area contributed by atoms with Gasteiger partial charge in [-0.25, -0.2) is 0 Å². The molecule has 9 heteroatoms. The van der Waals surface area contributed by atoms with Crippen molar-refractivity contribution in [1.82, 2.24) is 20.1 Å². The number of nitrogens with zero attached hydrogens (tertiary/aromatic N) is 3. The summed E-state index contributed by atoms with van der Waals surface area (Å²) >= 11 is 7.16. The molecule has 2 N–H and O–H groups in total. The highest BCUT2D eigenvalue weighted by molar-refractivity contribution is 7.99. The number of halogens is 1. The van der Waals surface area contributed by atoms with Gasteiger partial charge in [-0.2, -0.15) is 0 Å². The van der Waals surface area contributed by atoms with Gasteiger partial charge >= 0.3 is 0 Å². The predicted octanol–water partition coefficient (Wildman–Crippen LogP) is 4.65. The lowest BCUT2D eigenvalue weighted by molar-refractivity contribution is -0.113. The molecule has 0 unspecified atom stereocenters. The van der Waals surface area contributed by atoms with E-state index in [-0.39, 0.29) is 17.6 Å². The highest BCUT2D eigenvalue weighted by Gasteiger charge is 2.20.